The topological polar surface area (TPSA) is 58.2 Å². The van der Waals surface area contributed by atoms with Crippen LogP contribution in [0.15, 0.2) is 40.5 Å². The zero-order valence-electron chi connectivity index (χ0n) is 14.9. The van der Waals surface area contributed by atoms with Crippen molar-refractivity contribution < 1.29 is 4.74 Å². The molecule has 0 atom stereocenters. The summed E-state index contributed by atoms with van der Waals surface area (Å²) in [5, 5.41) is 1.99. The maximum atomic E-state index is 12.6. The first-order valence-electron chi connectivity index (χ1n) is 8.66. The predicted molar refractivity (Wildman–Crippen MR) is 104 cm³/mol. The van der Waals surface area contributed by atoms with Crippen molar-refractivity contribution in [3.8, 4) is 16.5 Å². The van der Waals surface area contributed by atoms with Crippen molar-refractivity contribution in [1.82, 2.24) is 14.9 Å². The number of H-pyrrole nitrogens is 1. The average Bonchev–Trinajstić information content (AvgIpc) is 3.18. The Morgan fingerprint density at radius 3 is 2.96 bits per heavy atom. The molecule has 1 aromatic carbocycles. The Labute approximate surface area is 156 Å². The highest BCUT2D eigenvalue weighted by molar-refractivity contribution is 7.13. The summed E-state index contributed by atoms with van der Waals surface area (Å²) in [7, 11) is 1.68. The van der Waals surface area contributed by atoms with Gasteiger partial charge in [-0.2, -0.15) is 0 Å². The third-order valence-corrected chi connectivity index (χ3v) is 5.72. The number of nitrogens with zero attached hydrogens (tertiary/aromatic N) is 2. The summed E-state index contributed by atoms with van der Waals surface area (Å²) in [6, 6.07) is 10.1. The van der Waals surface area contributed by atoms with Crippen LogP contribution in [0.5, 0.6) is 5.75 Å². The maximum absolute atomic E-state index is 12.6. The molecule has 0 saturated carbocycles. The first-order valence-corrected chi connectivity index (χ1v) is 9.54. The number of methoxy groups -OCH3 is 1. The fourth-order valence-electron chi connectivity index (χ4n) is 3.36. The van der Waals surface area contributed by atoms with E-state index in [1.54, 1.807) is 18.4 Å². The molecule has 0 amide bonds. The average molecular weight is 367 g/mol. The zero-order valence-corrected chi connectivity index (χ0v) is 15.7. The first kappa shape index (κ1) is 17.0. The number of benzene rings is 1. The summed E-state index contributed by atoms with van der Waals surface area (Å²) in [4.78, 5) is 23.6. The van der Waals surface area contributed by atoms with Gasteiger partial charge in [-0.1, -0.05) is 12.1 Å². The van der Waals surface area contributed by atoms with Crippen LogP contribution in [-0.4, -0.2) is 28.5 Å². The largest absolute Gasteiger partial charge is 0.497 e. The molecular weight excluding hydrogens is 346 g/mol. The van der Waals surface area contributed by atoms with Crippen LogP contribution in [-0.2, 0) is 19.5 Å². The van der Waals surface area contributed by atoms with Crippen LogP contribution in [0.3, 0.4) is 0 Å². The van der Waals surface area contributed by atoms with Gasteiger partial charge in [-0.25, -0.2) is 4.98 Å². The van der Waals surface area contributed by atoms with E-state index in [0.717, 1.165) is 41.4 Å². The van der Waals surface area contributed by atoms with Gasteiger partial charge in [-0.05, 0) is 41.6 Å². The van der Waals surface area contributed by atoms with Crippen molar-refractivity contribution >= 4 is 11.3 Å². The Morgan fingerprint density at radius 2 is 2.23 bits per heavy atom. The summed E-state index contributed by atoms with van der Waals surface area (Å²) in [5.41, 5.74) is 4.17. The van der Waals surface area contributed by atoms with Gasteiger partial charge in [0.05, 0.1) is 23.2 Å². The number of thiophene rings is 1. The Morgan fingerprint density at radius 1 is 1.35 bits per heavy atom. The normalized spacial score (nSPS) is 14.2. The Hall–Kier alpha value is -2.44. The summed E-state index contributed by atoms with van der Waals surface area (Å²) in [5.74, 6) is 1.56. The lowest BCUT2D eigenvalue weighted by Crippen LogP contribution is -2.35. The molecule has 3 aromatic rings. The molecule has 5 nitrogen and oxygen atoms in total. The van der Waals surface area contributed by atoms with E-state index < -0.39 is 0 Å². The number of hydrogen-bond donors (Lipinski definition) is 1. The maximum Gasteiger partial charge on any atom is 0.255 e. The van der Waals surface area contributed by atoms with Crippen molar-refractivity contribution in [2.75, 3.05) is 13.7 Å². The number of rotatable bonds is 4. The molecule has 1 aliphatic heterocycles. The molecule has 1 N–H and O–H groups in total. The van der Waals surface area contributed by atoms with E-state index in [1.165, 1.54) is 11.1 Å². The number of aromatic nitrogens is 2. The van der Waals surface area contributed by atoms with Gasteiger partial charge in [0.1, 0.15) is 5.75 Å². The van der Waals surface area contributed by atoms with E-state index in [4.69, 9.17) is 9.72 Å². The first-order chi connectivity index (χ1) is 12.6. The van der Waals surface area contributed by atoms with Gasteiger partial charge in [0.25, 0.3) is 5.56 Å². The quantitative estimate of drug-likeness (QED) is 0.768. The van der Waals surface area contributed by atoms with Crippen LogP contribution in [0.1, 0.15) is 22.4 Å². The molecule has 26 heavy (non-hydrogen) atoms. The highest BCUT2D eigenvalue weighted by Gasteiger charge is 2.22. The Balaban J connectivity index is 1.56. The minimum absolute atomic E-state index is 0.0189. The standard InChI is InChI=1S/C20H21N3O2S/c1-13-10-15(25-2)6-5-14(13)11-23-8-7-17-16(12-23)20(24)22-19(21-17)18-4-3-9-26-18/h3-6,9-10H,7-8,11-12H2,1-2H3,(H,21,22,24). The molecule has 0 unspecified atom stereocenters. The Kier molecular flexibility index (Phi) is 4.61. The molecule has 0 fully saturated rings. The molecule has 4 rings (SSSR count). The van der Waals surface area contributed by atoms with Crippen molar-refractivity contribution in [3.63, 3.8) is 0 Å². The van der Waals surface area contributed by atoms with Crippen LogP contribution in [0.25, 0.3) is 10.7 Å². The van der Waals surface area contributed by atoms with Crippen molar-refractivity contribution in [2.45, 2.75) is 26.4 Å². The van der Waals surface area contributed by atoms with E-state index in [1.807, 2.05) is 23.6 Å². The summed E-state index contributed by atoms with van der Waals surface area (Å²) >= 11 is 1.59. The lowest BCUT2D eigenvalue weighted by molar-refractivity contribution is 0.241. The lowest BCUT2D eigenvalue weighted by atomic mass is 10.0. The molecule has 6 heteroatoms. The zero-order chi connectivity index (χ0) is 18.1. The molecule has 134 valence electrons. The van der Waals surface area contributed by atoms with E-state index in [9.17, 15) is 4.79 Å². The van der Waals surface area contributed by atoms with Crippen molar-refractivity contribution in [2.24, 2.45) is 0 Å². The van der Waals surface area contributed by atoms with Gasteiger partial charge in [0.2, 0.25) is 0 Å². The number of aromatic amines is 1. The molecule has 0 bridgehead atoms. The lowest BCUT2D eigenvalue weighted by Gasteiger charge is -2.28. The summed E-state index contributed by atoms with van der Waals surface area (Å²) in [6.07, 6.45) is 0.798. The number of fused-ring (bicyclic) bond motifs is 1. The van der Waals surface area contributed by atoms with Gasteiger partial charge < -0.3 is 9.72 Å². The molecule has 0 aliphatic carbocycles. The van der Waals surface area contributed by atoms with Gasteiger partial charge >= 0.3 is 0 Å². The van der Waals surface area contributed by atoms with Gasteiger partial charge in [-0.15, -0.1) is 11.3 Å². The van der Waals surface area contributed by atoms with E-state index in [0.29, 0.717) is 12.4 Å². The summed E-state index contributed by atoms with van der Waals surface area (Å²) < 4.78 is 5.28. The van der Waals surface area contributed by atoms with Gasteiger partial charge in [-0.3, -0.25) is 9.69 Å². The highest BCUT2D eigenvalue weighted by atomic mass is 32.1. The van der Waals surface area contributed by atoms with E-state index >= 15 is 0 Å². The van der Waals surface area contributed by atoms with Crippen LogP contribution in [0.2, 0.25) is 0 Å². The number of hydrogen-bond acceptors (Lipinski definition) is 5. The van der Waals surface area contributed by atoms with E-state index in [2.05, 4.69) is 28.9 Å². The van der Waals surface area contributed by atoms with Crippen LogP contribution in [0.4, 0.5) is 0 Å². The minimum Gasteiger partial charge on any atom is -0.497 e. The van der Waals surface area contributed by atoms with Crippen LogP contribution < -0.4 is 10.3 Å². The number of aryl methyl sites for hydroxylation is 1. The molecule has 1 aliphatic rings. The summed E-state index contributed by atoms with van der Waals surface area (Å²) in [6.45, 7) is 4.45. The van der Waals surface area contributed by atoms with Gasteiger partial charge in [0, 0.05) is 26.1 Å². The highest BCUT2D eigenvalue weighted by Crippen LogP contribution is 2.24. The third-order valence-electron chi connectivity index (χ3n) is 4.85. The molecule has 0 saturated heterocycles. The molecular formula is C20H21N3O2S. The SMILES string of the molecule is COc1ccc(CN2CCc3nc(-c4cccs4)[nH]c(=O)c3C2)c(C)c1. The molecule has 0 radical (unpaired) electrons. The molecule has 0 spiro atoms. The second-order valence-electron chi connectivity index (χ2n) is 6.57. The predicted octanol–water partition coefficient (Wildman–Crippen LogP) is 3.37. The second-order valence-corrected chi connectivity index (χ2v) is 7.52. The number of ether oxygens (including phenoxy) is 1. The van der Waals surface area contributed by atoms with Crippen LogP contribution >= 0.6 is 11.3 Å². The fourth-order valence-corrected chi connectivity index (χ4v) is 4.03. The van der Waals surface area contributed by atoms with Crippen molar-refractivity contribution in [1.29, 1.82) is 0 Å². The van der Waals surface area contributed by atoms with Crippen molar-refractivity contribution in [3.05, 3.63) is 68.4 Å². The third kappa shape index (κ3) is 3.30. The minimum atomic E-state index is -0.0189. The molecule has 3 heterocycles. The monoisotopic (exact) mass is 367 g/mol. The smallest absolute Gasteiger partial charge is 0.255 e. The Bertz CT molecular complexity index is 979. The van der Waals surface area contributed by atoms with E-state index in [-0.39, 0.29) is 5.56 Å². The molecule has 2 aromatic heterocycles. The second kappa shape index (κ2) is 7.05. The number of nitrogens with one attached hydrogen (secondary N) is 1. The van der Waals surface area contributed by atoms with Gasteiger partial charge in [0.15, 0.2) is 5.82 Å². The fraction of sp³-hybridized carbons (Fsp3) is 0.300. The van der Waals surface area contributed by atoms with Crippen LogP contribution in [0, 0.1) is 6.92 Å².